The van der Waals surface area contributed by atoms with Crippen LogP contribution in [0, 0.1) is 19.8 Å². The zero-order valence-corrected chi connectivity index (χ0v) is 24.0. The number of hydrogen-bond acceptors (Lipinski definition) is 4. The highest BCUT2D eigenvalue weighted by molar-refractivity contribution is 5.91. The Balaban J connectivity index is 3.36. The van der Waals surface area contributed by atoms with E-state index in [0.29, 0.717) is 12.5 Å². The first-order valence-corrected chi connectivity index (χ1v) is 13.4. The second-order valence-electron chi connectivity index (χ2n) is 11.2. The number of nitrogens with one attached hydrogen (secondary N) is 2. The molecule has 2 unspecified atom stereocenters. The van der Waals surface area contributed by atoms with Crippen molar-refractivity contribution in [3.05, 3.63) is 34.9 Å². The third-order valence-electron chi connectivity index (χ3n) is 6.04. The fourth-order valence-electron chi connectivity index (χ4n) is 4.07. The van der Waals surface area contributed by atoms with Crippen LogP contribution in [0.25, 0.3) is 0 Å². The molecule has 36 heavy (non-hydrogen) atoms. The van der Waals surface area contributed by atoms with E-state index in [9.17, 15) is 14.4 Å². The molecule has 0 saturated heterocycles. The second-order valence-corrected chi connectivity index (χ2v) is 11.2. The van der Waals surface area contributed by atoms with Crippen molar-refractivity contribution in [1.82, 2.24) is 15.5 Å². The van der Waals surface area contributed by atoms with Gasteiger partial charge >= 0.3 is 6.09 Å². The number of carbonyl (C=O) groups excluding carboxylic acids is 3. The number of unbranched alkanes of at least 4 members (excludes halogenated alkanes) is 2. The molecule has 0 heterocycles. The maximum Gasteiger partial charge on any atom is 0.408 e. The topological polar surface area (TPSA) is 87.7 Å². The number of alkyl carbamates (subject to hydrolysis) is 1. The van der Waals surface area contributed by atoms with Crippen molar-refractivity contribution < 1.29 is 19.1 Å². The summed E-state index contributed by atoms with van der Waals surface area (Å²) >= 11 is 0. The van der Waals surface area contributed by atoms with Crippen molar-refractivity contribution in [3.8, 4) is 0 Å². The smallest absolute Gasteiger partial charge is 0.408 e. The molecular formula is C29H49N3O4. The summed E-state index contributed by atoms with van der Waals surface area (Å²) in [6.07, 6.45) is 3.99. The highest BCUT2D eigenvalue weighted by Gasteiger charge is 2.35. The summed E-state index contributed by atoms with van der Waals surface area (Å²) < 4.78 is 5.31. The molecule has 0 radical (unpaired) electrons. The third-order valence-corrected chi connectivity index (χ3v) is 6.04. The first-order valence-electron chi connectivity index (χ1n) is 13.4. The van der Waals surface area contributed by atoms with E-state index in [4.69, 9.17) is 4.74 Å². The minimum Gasteiger partial charge on any atom is -0.444 e. The van der Waals surface area contributed by atoms with E-state index in [-0.39, 0.29) is 24.4 Å². The third kappa shape index (κ3) is 11.0. The monoisotopic (exact) mass is 503 g/mol. The minimum absolute atomic E-state index is 0.193. The van der Waals surface area contributed by atoms with Crippen molar-refractivity contribution in [1.29, 1.82) is 0 Å². The Hall–Kier alpha value is -2.57. The molecule has 2 N–H and O–H groups in total. The molecule has 1 aromatic carbocycles. The van der Waals surface area contributed by atoms with Crippen molar-refractivity contribution in [2.75, 3.05) is 13.1 Å². The number of nitrogens with zero attached hydrogens (tertiary/aromatic N) is 1. The maximum absolute atomic E-state index is 13.7. The average molecular weight is 504 g/mol. The summed E-state index contributed by atoms with van der Waals surface area (Å²) in [6, 6.07) is 4.99. The number of benzene rings is 1. The molecule has 204 valence electrons. The summed E-state index contributed by atoms with van der Waals surface area (Å²) in [6.45, 7) is 18.0. The number of rotatable bonds is 13. The average Bonchev–Trinajstić information content (AvgIpc) is 2.77. The molecule has 1 aromatic rings. The Morgan fingerprint density at radius 1 is 1.00 bits per heavy atom. The number of amides is 3. The standard InChI is InChI=1S/C29H49N3O4/c1-10-11-12-17-30-27(34)26(24-18-21(4)14-15-22(24)5)32(23(6)16-13-20(2)3)25(33)19-31-28(35)36-29(7,8)9/h14-15,18,20,23,26H,10-13,16-17,19H2,1-9H3,(H,30,34)(H,31,35). The molecular weight excluding hydrogens is 454 g/mol. The summed E-state index contributed by atoms with van der Waals surface area (Å²) in [5, 5.41) is 5.66. The van der Waals surface area contributed by atoms with Crippen LogP contribution >= 0.6 is 0 Å². The Morgan fingerprint density at radius 3 is 2.25 bits per heavy atom. The molecule has 7 nitrogen and oxygen atoms in total. The maximum atomic E-state index is 13.7. The van der Waals surface area contributed by atoms with Crippen LogP contribution < -0.4 is 10.6 Å². The minimum atomic E-state index is -0.790. The van der Waals surface area contributed by atoms with Gasteiger partial charge in [-0.3, -0.25) is 9.59 Å². The van der Waals surface area contributed by atoms with Gasteiger partial charge in [0.15, 0.2) is 0 Å². The van der Waals surface area contributed by atoms with Crippen LogP contribution in [0.1, 0.15) is 103 Å². The number of aryl methyl sites for hydroxylation is 2. The van der Waals surface area contributed by atoms with E-state index in [1.165, 1.54) is 0 Å². The largest absolute Gasteiger partial charge is 0.444 e. The quantitative estimate of drug-likeness (QED) is 0.332. The van der Waals surface area contributed by atoms with Crippen LogP contribution in [0.3, 0.4) is 0 Å². The molecule has 7 heteroatoms. The lowest BCUT2D eigenvalue weighted by atomic mass is 9.94. The Bertz CT molecular complexity index is 861. The first kappa shape index (κ1) is 31.5. The molecule has 0 saturated carbocycles. The lowest BCUT2D eigenvalue weighted by Gasteiger charge is -2.37. The van der Waals surface area contributed by atoms with E-state index in [1.807, 2.05) is 39.0 Å². The van der Waals surface area contributed by atoms with Crippen molar-refractivity contribution >= 4 is 17.9 Å². The molecule has 2 atom stereocenters. The molecule has 0 spiro atoms. The predicted molar refractivity (Wildman–Crippen MR) is 146 cm³/mol. The van der Waals surface area contributed by atoms with Gasteiger partial charge in [0.1, 0.15) is 18.2 Å². The van der Waals surface area contributed by atoms with Gasteiger partial charge in [0, 0.05) is 12.6 Å². The predicted octanol–water partition coefficient (Wildman–Crippen LogP) is 5.83. The number of ether oxygens (including phenoxy) is 1. The zero-order chi connectivity index (χ0) is 27.5. The van der Waals surface area contributed by atoms with Gasteiger partial charge in [0.05, 0.1) is 0 Å². The van der Waals surface area contributed by atoms with E-state index >= 15 is 0 Å². The van der Waals surface area contributed by atoms with Crippen LogP contribution in [0.5, 0.6) is 0 Å². The normalized spacial score (nSPS) is 13.2. The molecule has 0 aliphatic carbocycles. The molecule has 0 fully saturated rings. The molecule has 0 aliphatic heterocycles. The van der Waals surface area contributed by atoms with E-state index < -0.39 is 17.7 Å². The lowest BCUT2D eigenvalue weighted by Crippen LogP contribution is -2.51. The Morgan fingerprint density at radius 2 is 1.67 bits per heavy atom. The summed E-state index contributed by atoms with van der Waals surface area (Å²) in [7, 11) is 0. The van der Waals surface area contributed by atoms with Crippen LogP contribution in [0.2, 0.25) is 0 Å². The highest BCUT2D eigenvalue weighted by Crippen LogP contribution is 2.29. The highest BCUT2D eigenvalue weighted by atomic mass is 16.6. The van der Waals surface area contributed by atoms with E-state index in [2.05, 4.69) is 31.4 Å². The van der Waals surface area contributed by atoms with Gasteiger partial charge in [-0.2, -0.15) is 0 Å². The second kappa shape index (κ2) is 14.9. The SMILES string of the molecule is CCCCCNC(=O)C(c1cc(C)ccc1C)N(C(=O)CNC(=O)OC(C)(C)C)C(C)CCC(C)C. The van der Waals surface area contributed by atoms with Crippen LogP contribution in [0.15, 0.2) is 18.2 Å². The summed E-state index contributed by atoms with van der Waals surface area (Å²) in [5.74, 6) is -0.0418. The van der Waals surface area contributed by atoms with Crippen LogP contribution in [-0.2, 0) is 14.3 Å². The molecule has 0 bridgehead atoms. The number of hydrogen-bond donors (Lipinski definition) is 2. The molecule has 1 rings (SSSR count). The molecule has 0 aromatic heterocycles. The molecule has 0 aliphatic rings. The van der Waals surface area contributed by atoms with Gasteiger partial charge < -0.3 is 20.3 Å². The molecule has 3 amide bonds. The van der Waals surface area contributed by atoms with Crippen LogP contribution in [0.4, 0.5) is 4.79 Å². The van der Waals surface area contributed by atoms with Gasteiger partial charge in [-0.1, -0.05) is 57.4 Å². The van der Waals surface area contributed by atoms with E-state index in [1.54, 1.807) is 25.7 Å². The van der Waals surface area contributed by atoms with Gasteiger partial charge in [0.25, 0.3) is 0 Å². The van der Waals surface area contributed by atoms with Gasteiger partial charge in [-0.25, -0.2) is 4.79 Å². The fraction of sp³-hybridized carbons (Fsp3) is 0.690. The summed E-state index contributed by atoms with van der Waals surface area (Å²) in [5.41, 5.74) is 2.11. The van der Waals surface area contributed by atoms with Gasteiger partial charge in [0.2, 0.25) is 11.8 Å². The number of carbonyl (C=O) groups is 3. The van der Waals surface area contributed by atoms with Crippen molar-refractivity contribution in [2.45, 2.75) is 112 Å². The fourth-order valence-corrected chi connectivity index (χ4v) is 4.07. The zero-order valence-electron chi connectivity index (χ0n) is 24.0. The van der Waals surface area contributed by atoms with Crippen LogP contribution in [-0.4, -0.2) is 47.5 Å². The van der Waals surface area contributed by atoms with E-state index in [0.717, 1.165) is 48.8 Å². The summed E-state index contributed by atoms with van der Waals surface area (Å²) in [4.78, 5) is 41.3. The first-order chi connectivity index (χ1) is 16.8. The van der Waals surface area contributed by atoms with Gasteiger partial charge in [-0.15, -0.1) is 0 Å². The Labute approximate surface area is 218 Å². The van der Waals surface area contributed by atoms with Crippen molar-refractivity contribution in [2.24, 2.45) is 5.92 Å². The Kier molecular flexibility index (Phi) is 13.0. The lowest BCUT2D eigenvalue weighted by molar-refractivity contribution is -0.142. The van der Waals surface area contributed by atoms with Gasteiger partial charge in [-0.05, 0) is 77.8 Å². The van der Waals surface area contributed by atoms with Crippen molar-refractivity contribution in [3.63, 3.8) is 0 Å².